The number of amides is 2. The number of carbonyl (C=O) groups is 3. The molecule has 0 saturated carbocycles. The minimum atomic E-state index is -0.914. The first-order valence-electron chi connectivity index (χ1n) is 9.55. The summed E-state index contributed by atoms with van der Waals surface area (Å²) in [6.45, 7) is 1.67. The number of rotatable bonds is 8. The predicted octanol–water partition coefficient (Wildman–Crippen LogP) is 2.89. The van der Waals surface area contributed by atoms with Crippen molar-refractivity contribution in [2.45, 2.75) is 31.7 Å². The number of aliphatic carboxylic acids is 1. The predicted molar refractivity (Wildman–Crippen MR) is 108 cm³/mol. The Hall–Kier alpha value is -3.35. The van der Waals surface area contributed by atoms with Gasteiger partial charge in [0.25, 0.3) is 0 Å². The zero-order chi connectivity index (χ0) is 20.8. The largest absolute Gasteiger partial charge is 0.481 e. The smallest absolute Gasteiger partial charge is 0.407 e. The van der Waals surface area contributed by atoms with Gasteiger partial charge in [0, 0.05) is 18.4 Å². The number of hydrogen-bond donors (Lipinski definition) is 3. The van der Waals surface area contributed by atoms with Crippen molar-refractivity contribution < 1.29 is 24.2 Å². The van der Waals surface area contributed by atoms with Gasteiger partial charge >= 0.3 is 12.1 Å². The molecule has 1 atom stereocenters. The zero-order valence-corrected chi connectivity index (χ0v) is 16.2. The van der Waals surface area contributed by atoms with Crippen LogP contribution in [0.3, 0.4) is 0 Å². The highest BCUT2D eigenvalue weighted by molar-refractivity contribution is 5.82. The van der Waals surface area contributed by atoms with E-state index < -0.39 is 18.0 Å². The molecule has 0 aromatic heterocycles. The Morgan fingerprint density at radius 2 is 1.62 bits per heavy atom. The molecule has 0 spiro atoms. The van der Waals surface area contributed by atoms with Gasteiger partial charge in [-0.15, -0.1) is 0 Å². The SMILES string of the molecule is CC(CCC(=O)O)NC(=O)CNC(=O)OCC1c2ccccc2-c2ccccc21. The Balaban J connectivity index is 1.49. The van der Waals surface area contributed by atoms with Crippen LogP contribution >= 0.6 is 0 Å². The molecule has 2 amide bonds. The monoisotopic (exact) mass is 396 g/mol. The van der Waals surface area contributed by atoms with Gasteiger partial charge in [0.1, 0.15) is 13.2 Å². The van der Waals surface area contributed by atoms with Gasteiger partial charge in [0.05, 0.1) is 0 Å². The second-order valence-electron chi connectivity index (χ2n) is 7.08. The Labute approximate surface area is 169 Å². The van der Waals surface area contributed by atoms with Crippen molar-refractivity contribution in [3.8, 4) is 11.1 Å². The topological polar surface area (TPSA) is 105 Å². The number of fused-ring (bicyclic) bond motifs is 3. The summed E-state index contributed by atoms with van der Waals surface area (Å²) in [6.07, 6.45) is -0.368. The van der Waals surface area contributed by atoms with Crippen molar-refractivity contribution in [1.82, 2.24) is 10.6 Å². The van der Waals surface area contributed by atoms with Gasteiger partial charge in [-0.1, -0.05) is 48.5 Å². The Bertz CT molecular complexity index is 866. The average molecular weight is 396 g/mol. The summed E-state index contributed by atoms with van der Waals surface area (Å²) in [5.41, 5.74) is 4.52. The molecule has 1 unspecified atom stereocenters. The van der Waals surface area contributed by atoms with Crippen molar-refractivity contribution in [1.29, 1.82) is 0 Å². The number of alkyl carbamates (subject to hydrolysis) is 1. The maximum atomic E-state index is 12.0. The molecule has 1 aliphatic carbocycles. The van der Waals surface area contributed by atoms with Gasteiger partial charge < -0.3 is 20.5 Å². The fourth-order valence-corrected chi connectivity index (χ4v) is 3.54. The van der Waals surface area contributed by atoms with Crippen LogP contribution in [0.5, 0.6) is 0 Å². The minimum absolute atomic E-state index is 0.0265. The van der Waals surface area contributed by atoms with Crippen LogP contribution in [0, 0.1) is 0 Å². The molecular formula is C22H24N2O5. The summed E-state index contributed by atoms with van der Waals surface area (Å²) < 4.78 is 5.37. The van der Waals surface area contributed by atoms with Crippen LogP contribution in [0.1, 0.15) is 36.8 Å². The van der Waals surface area contributed by atoms with Crippen LogP contribution < -0.4 is 10.6 Å². The summed E-state index contributed by atoms with van der Waals surface area (Å²) in [5, 5.41) is 13.7. The third kappa shape index (κ3) is 5.13. The van der Waals surface area contributed by atoms with E-state index in [-0.39, 0.29) is 31.5 Å². The van der Waals surface area contributed by atoms with Crippen LogP contribution in [0.15, 0.2) is 48.5 Å². The molecule has 7 nitrogen and oxygen atoms in total. The molecule has 1 aliphatic rings. The standard InChI is InChI=1S/C22H24N2O5/c1-14(10-11-21(26)27)24-20(25)12-23-22(28)29-13-19-17-8-4-2-6-15(17)16-7-3-5-9-18(16)19/h2-9,14,19H,10-13H2,1H3,(H,23,28)(H,24,25)(H,26,27). The highest BCUT2D eigenvalue weighted by atomic mass is 16.5. The van der Waals surface area contributed by atoms with Crippen LogP contribution in [-0.4, -0.2) is 42.3 Å². The minimum Gasteiger partial charge on any atom is -0.481 e. The lowest BCUT2D eigenvalue weighted by atomic mass is 9.98. The normalized spacial score (nSPS) is 13.1. The Morgan fingerprint density at radius 1 is 1.03 bits per heavy atom. The maximum absolute atomic E-state index is 12.0. The van der Waals surface area contributed by atoms with Gasteiger partial charge in [0.15, 0.2) is 0 Å². The van der Waals surface area contributed by atoms with E-state index in [0.717, 1.165) is 22.3 Å². The summed E-state index contributed by atoms with van der Waals surface area (Å²) >= 11 is 0. The summed E-state index contributed by atoms with van der Waals surface area (Å²) in [7, 11) is 0. The summed E-state index contributed by atoms with van der Waals surface area (Å²) in [4.78, 5) is 34.5. The fraction of sp³-hybridized carbons (Fsp3) is 0.318. The summed E-state index contributed by atoms with van der Waals surface area (Å²) in [6, 6.07) is 15.8. The molecule has 0 fully saturated rings. The van der Waals surface area contributed by atoms with Crippen LogP contribution in [-0.2, 0) is 14.3 Å². The van der Waals surface area contributed by atoms with E-state index >= 15 is 0 Å². The molecular weight excluding hydrogens is 372 g/mol. The molecule has 0 saturated heterocycles. The molecule has 2 aromatic carbocycles. The summed E-state index contributed by atoms with van der Waals surface area (Å²) in [5.74, 6) is -1.35. The lowest BCUT2D eigenvalue weighted by Crippen LogP contribution is -2.41. The molecule has 0 heterocycles. The van der Waals surface area contributed by atoms with Crippen LogP contribution in [0.4, 0.5) is 4.79 Å². The molecule has 7 heteroatoms. The number of ether oxygens (including phenoxy) is 1. The first-order chi connectivity index (χ1) is 14.0. The molecule has 152 valence electrons. The van der Waals surface area contributed by atoms with E-state index in [9.17, 15) is 14.4 Å². The molecule has 2 aromatic rings. The second kappa shape index (κ2) is 9.23. The van der Waals surface area contributed by atoms with Gasteiger partial charge in [0.2, 0.25) is 5.91 Å². The van der Waals surface area contributed by atoms with Crippen molar-refractivity contribution in [2.75, 3.05) is 13.2 Å². The first kappa shape index (κ1) is 20.4. The number of benzene rings is 2. The van der Waals surface area contributed by atoms with Crippen LogP contribution in [0.25, 0.3) is 11.1 Å². The Kier molecular flexibility index (Phi) is 6.49. The second-order valence-corrected chi connectivity index (χ2v) is 7.08. The van der Waals surface area contributed by atoms with E-state index in [4.69, 9.17) is 9.84 Å². The number of nitrogens with one attached hydrogen (secondary N) is 2. The van der Waals surface area contributed by atoms with E-state index in [2.05, 4.69) is 22.8 Å². The highest BCUT2D eigenvalue weighted by Gasteiger charge is 2.29. The molecule has 0 aliphatic heterocycles. The third-order valence-corrected chi connectivity index (χ3v) is 4.94. The highest BCUT2D eigenvalue weighted by Crippen LogP contribution is 2.44. The van der Waals surface area contributed by atoms with E-state index in [1.54, 1.807) is 6.92 Å². The van der Waals surface area contributed by atoms with Crippen LogP contribution in [0.2, 0.25) is 0 Å². The lowest BCUT2D eigenvalue weighted by Gasteiger charge is -2.15. The number of carboxylic acid groups (broad SMARTS) is 1. The van der Waals surface area contributed by atoms with Gasteiger partial charge in [-0.05, 0) is 35.6 Å². The van der Waals surface area contributed by atoms with Crippen molar-refractivity contribution >= 4 is 18.0 Å². The molecule has 0 bridgehead atoms. The van der Waals surface area contributed by atoms with E-state index in [1.807, 2.05) is 36.4 Å². The number of hydrogen-bond acceptors (Lipinski definition) is 4. The first-order valence-corrected chi connectivity index (χ1v) is 9.55. The molecule has 3 rings (SSSR count). The van der Waals surface area contributed by atoms with E-state index in [0.29, 0.717) is 6.42 Å². The van der Waals surface area contributed by atoms with E-state index in [1.165, 1.54) is 0 Å². The lowest BCUT2D eigenvalue weighted by molar-refractivity contribution is -0.137. The van der Waals surface area contributed by atoms with Gasteiger partial charge in [-0.2, -0.15) is 0 Å². The zero-order valence-electron chi connectivity index (χ0n) is 16.2. The number of carboxylic acids is 1. The Morgan fingerprint density at radius 3 is 2.21 bits per heavy atom. The third-order valence-electron chi connectivity index (χ3n) is 4.94. The quantitative estimate of drug-likeness (QED) is 0.636. The molecule has 29 heavy (non-hydrogen) atoms. The number of carbonyl (C=O) groups excluding carboxylic acids is 2. The molecule has 0 radical (unpaired) electrons. The van der Waals surface area contributed by atoms with Gasteiger partial charge in [-0.3, -0.25) is 9.59 Å². The van der Waals surface area contributed by atoms with Crippen molar-refractivity contribution in [3.63, 3.8) is 0 Å². The van der Waals surface area contributed by atoms with Crippen molar-refractivity contribution in [2.24, 2.45) is 0 Å². The van der Waals surface area contributed by atoms with Gasteiger partial charge in [-0.25, -0.2) is 4.79 Å². The molecule has 3 N–H and O–H groups in total. The van der Waals surface area contributed by atoms with Crippen molar-refractivity contribution in [3.05, 3.63) is 59.7 Å². The maximum Gasteiger partial charge on any atom is 0.407 e. The fourth-order valence-electron chi connectivity index (χ4n) is 3.54. The average Bonchev–Trinajstić information content (AvgIpc) is 3.03.